The first-order valence-electron chi connectivity index (χ1n) is 7.58. The van der Waals surface area contributed by atoms with Crippen LogP contribution in [0.1, 0.15) is 46.5 Å². The molecule has 17 heavy (non-hydrogen) atoms. The fraction of sp³-hybridized carbons (Fsp3) is 1.00. The van der Waals surface area contributed by atoms with E-state index < -0.39 is 0 Å². The van der Waals surface area contributed by atoms with Crippen molar-refractivity contribution in [1.29, 1.82) is 0 Å². The van der Waals surface area contributed by atoms with Gasteiger partial charge in [0.2, 0.25) is 0 Å². The molecule has 0 aromatic heterocycles. The predicted molar refractivity (Wildman–Crippen MR) is 72.1 cm³/mol. The highest BCUT2D eigenvalue weighted by Crippen LogP contribution is 2.44. The first-order valence-corrected chi connectivity index (χ1v) is 7.58. The normalized spacial score (nSPS) is 39.7. The second-order valence-electron chi connectivity index (χ2n) is 7.12. The summed E-state index contributed by atoms with van der Waals surface area (Å²) in [5, 5.41) is 3.58. The van der Waals surface area contributed by atoms with Crippen LogP contribution in [-0.4, -0.2) is 36.1 Å². The summed E-state index contributed by atoms with van der Waals surface area (Å²) < 4.78 is 0. The molecule has 2 heteroatoms. The summed E-state index contributed by atoms with van der Waals surface area (Å²) in [5.41, 5.74) is 0.413. The Morgan fingerprint density at radius 1 is 1.18 bits per heavy atom. The fourth-order valence-electron chi connectivity index (χ4n) is 4.84. The van der Waals surface area contributed by atoms with Gasteiger partial charge in [0.05, 0.1) is 0 Å². The zero-order valence-corrected chi connectivity index (χ0v) is 11.7. The van der Waals surface area contributed by atoms with Gasteiger partial charge in [0.15, 0.2) is 0 Å². The molecule has 1 N–H and O–H groups in total. The topological polar surface area (TPSA) is 15.3 Å². The third-order valence-corrected chi connectivity index (χ3v) is 5.99. The van der Waals surface area contributed by atoms with Crippen molar-refractivity contribution in [3.8, 4) is 0 Å². The molecule has 1 saturated carbocycles. The molecule has 98 valence electrons. The van der Waals surface area contributed by atoms with Gasteiger partial charge >= 0.3 is 0 Å². The van der Waals surface area contributed by atoms with Crippen LogP contribution in [0.5, 0.6) is 0 Å². The monoisotopic (exact) mass is 236 g/mol. The summed E-state index contributed by atoms with van der Waals surface area (Å²) in [6.45, 7) is 11.3. The molecule has 2 saturated heterocycles. The molecule has 0 aromatic rings. The Labute approximate surface area is 106 Å². The van der Waals surface area contributed by atoms with Gasteiger partial charge in [-0.2, -0.15) is 0 Å². The van der Waals surface area contributed by atoms with E-state index in [0.717, 1.165) is 23.8 Å². The minimum absolute atomic E-state index is 0.413. The van der Waals surface area contributed by atoms with E-state index in [0.29, 0.717) is 5.54 Å². The number of nitrogens with one attached hydrogen (secondary N) is 1. The maximum absolute atomic E-state index is 3.58. The van der Waals surface area contributed by atoms with Crippen molar-refractivity contribution < 1.29 is 0 Å². The van der Waals surface area contributed by atoms with Gasteiger partial charge in [0.1, 0.15) is 0 Å². The van der Waals surface area contributed by atoms with Crippen LogP contribution in [0, 0.1) is 17.8 Å². The zero-order chi connectivity index (χ0) is 12.0. The molecular formula is C15H28N2. The lowest BCUT2D eigenvalue weighted by atomic mass is 9.84. The summed E-state index contributed by atoms with van der Waals surface area (Å²) in [5.74, 6) is 2.77. The quantitative estimate of drug-likeness (QED) is 0.792. The van der Waals surface area contributed by atoms with E-state index in [-0.39, 0.29) is 0 Å². The predicted octanol–water partition coefficient (Wildman–Crippen LogP) is 2.49. The lowest BCUT2D eigenvalue weighted by Crippen LogP contribution is -2.50. The number of likely N-dealkylation sites (tertiary alicyclic amines) is 1. The Morgan fingerprint density at radius 2 is 1.88 bits per heavy atom. The van der Waals surface area contributed by atoms with E-state index in [9.17, 15) is 0 Å². The highest BCUT2D eigenvalue weighted by Gasteiger charge is 2.51. The Balaban J connectivity index is 1.74. The fourth-order valence-corrected chi connectivity index (χ4v) is 4.84. The number of hydrogen-bond acceptors (Lipinski definition) is 2. The highest BCUT2D eigenvalue weighted by atomic mass is 15.3. The van der Waals surface area contributed by atoms with Crippen LogP contribution in [-0.2, 0) is 0 Å². The van der Waals surface area contributed by atoms with Crippen molar-refractivity contribution in [3.63, 3.8) is 0 Å². The number of rotatable bonds is 2. The molecule has 0 amide bonds. The molecule has 3 aliphatic rings. The van der Waals surface area contributed by atoms with E-state index in [1.165, 1.54) is 45.3 Å². The molecule has 3 rings (SSSR count). The van der Waals surface area contributed by atoms with Crippen LogP contribution in [0.15, 0.2) is 0 Å². The number of hydrogen-bond donors (Lipinski definition) is 1. The van der Waals surface area contributed by atoms with Crippen LogP contribution >= 0.6 is 0 Å². The minimum Gasteiger partial charge on any atom is -0.316 e. The second-order valence-corrected chi connectivity index (χ2v) is 7.12. The molecule has 2 nitrogen and oxygen atoms in total. The van der Waals surface area contributed by atoms with Crippen LogP contribution in [0.3, 0.4) is 0 Å². The van der Waals surface area contributed by atoms with Gasteiger partial charge < -0.3 is 5.32 Å². The van der Waals surface area contributed by atoms with Gasteiger partial charge in [-0.25, -0.2) is 0 Å². The van der Waals surface area contributed by atoms with Crippen molar-refractivity contribution in [2.45, 2.75) is 58.0 Å². The van der Waals surface area contributed by atoms with Crippen molar-refractivity contribution in [1.82, 2.24) is 10.2 Å². The van der Waals surface area contributed by atoms with E-state index in [1.54, 1.807) is 0 Å². The van der Waals surface area contributed by atoms with Gasteiger partial charge in [-0.1, -0.05) is 12.8 Å². The summed E-state index contributed by atoms with van der Waals surface area (Å²) in [6, 6.07) is 0.804. The van der Waals surface area contributed by atoms with E-state index in [2.05, 4.69) is 31.0 Å². The van der Waals surface area contributed by atoms with Crippen molar-refractivity contribution in [3.05, 3.63) is 0 Å². The second kappa shape index (κ2) is 4.24. The third kappa shape index (κ3) is 1.84. The summed E-state index contributed by atoms with van der Waals surface area (Å²) in [7, 11) is 0. The molecule has 2 aliphatic heterocycles. The Hall–Kier alpha value is -0.0800. The molecule has 2 heterocycles. The Bertz CT molecular complexity index is 281. The highest BCUT2D eigenvalue weighted by molar-refractivity contribution is 5.06. The summed E-state index contributed by atoms with van der Waals surface area (Å²) >= 11 is 0. The maximum atomic E-state index is 3.58. The Kier molecular flexibility index (Phi) is 2.99. The van der Waals surface area contributed by atoms with Crippen molar-refractivity contribution in [2.24, 2.45) is 17.8 Å². The molecule has 3 unspecified atom stereocenters. The van der Waals surface area contributed by atoms with Gasteiger partial charge in [-0.15, -0.1) is 0 Å². The molecule has 3 fully saturated rings. The maximum Gasteiger partial charge on any atom is 0.0200 e. The molecule has 0 spiro atoms. The standard InChI is InChI=1S/C15H28N2/c1-11(12-6-4-5-7-12)17-10-13-8-16-9-14(13)15(17,2)3/h11-14,16H,4-10H2,1-3H3. The zero-order valence-electron chi connectivity index (χ0n) is 11.7. The summed E-state index contributed by atoms with van der Waals surface area (Å²) in [4.78, 5) is 2.85. The van der Waals surface area contributed by atoms with Crippen molar-refractivity contribution in [2.75, 3.05) is 19.6 Å². The van der Waals surface area contributed by atoms with Gasteiger partial charge in [0, 0.05) is 24.7 Å². The van der Waals surface area contributed by atoms with Crippen LogP contribution in [0.25, 0.3) is 0 Å². The van der Waals surface area contributed by atoms with E-state index in [4.69, 9.17) is 0 Å². The molecule has 0 radical (unpaired) electrons. The molecule has 0 aromatic carbocycles. The lowest BCUT2D eigenvalue weighted by molar-refractivity contribution is 0.0670. The van der Waals surface area contributed by atoms with Gasteiger partial charge in [0.25, 0.3) is 0 Å². The number of nitrogens with zero attached hydrogens (tertiary/aromatic N) is 1. The number of fused-ring (bicyclic) bond motifs is 1. The molecule has 3 atom stereocenters. The third-order valence-electron chi connectivity index (χ3n) is 5.99. The van der Waals surface area contributed by atoms with Crippen molar-refractivity contribution >= 4 is 0 Å². The molecular weight excluding hydrogens is 208 g/mol. The van der Waals surface area contributed by atoms with Crippen LogP contribution in [0.4, 0.5) is 0 Å². The Morgan fingerprint density at radius 3 is 2.53 bits per heavy atom. The van der Waals surface area contributed by atoms with Crippen LogP contribution < -0.4 is 5.32 Å². The largest absolute Gasteiger partial charge is 0.316 e. The first-order chi connectivity index (χ1) is 8.10. The average molecular weight is 236 g/mol. The average Bonchev–Trinajstić information content (AvgIpc) is 2.97. The van der Waals surface area contributed by atoms with Crippen LogP contribution in [0.2, 0.25) is 0 Å². The molecule has 1 aliphatic carbocycles. The first kappa shape index (κ1) is 12.0. The SMILES string of the molecule is CC(C1CCCC1)N1CC2CNCC2C1(C)C. The lowest BCUT2D eigenvalue weighted by Gasteiger charge is -2.42. The summed E-state index contributed by atoms with van der Waals surface area (Å²) in [6.07, 6.45) is 5.89. The van der Waals surface area contributed by atoms with Gasteiger partial charge in [-0.3, -0.25) is 4.90 Å². The minimum atomic E-state index is 0.413. The molecule has 0 bridgehead atoms. The van der Waals surface area contributed by atoms with E-state index in [1.807, 2.05) is 0 Å². The van der Waals surface area contributed by atoms with E-state index >= 15 is 0 Å². The van der Waals surface area contributed by atoms with Gasteiger partial charge in [-0.05, 0) is 57.9 Å². The smallest absolute Gasteiger partial charge is 0.0200 e.